The van der Waals surface area contributed by atoms with E-state index in [1.54, 1.807) is 12.4 Å². The van der Waals surface area contributed by atoms with Crippen LogP contribution in [0.5, 0.6) is 5.75 Å². The molecule has 2 rings (SSSR count). The van der Waals surface area contributed by atoms with Gasteiger partial charge in [0.15, 0.2) is 0 Å². The van der Waals surface area contributed by atoms with E-state index in [-0.39, 0.29) is 5.92 Å². The molecule has 3 nitrogen and oxygen atoms in total. The summed E-state index contributed by atoms with van der Waals surface area (Å²) in [6, 6.07) is 11.8. The molecule has 0 aliphatic carbocycles. The summed E-state index contributed by atoms with van der Waals surface area (Å²) in [7, 11) is 0. The van der Waals surface area contributed by atoms with Crippen LogP contribution in [0.15, 0.2) is 53.3 Å². The van der Waals surface area contributed by atoms with Crippen LogP contribution >= 0.6 is 15.9 Å². The van der Waals surface area contributed by atoms with E-state index >= 15 is 0 Å². The van der Waals surface area contributed by atoms with Crippen molar-refractivity contribution < 1.29 is 4.74 Å². The normalized spacial score (nSPS) is 12.1. The quantitative estimate of drug-likeness (QED) is 0.924. The SMILES string of the molecule is NCC(COc1cccnc1)c1ccccc1Br. The van der Waals surface area contributed by atoms with Crippen LogP contribution in [0, 0.1) is 0 Å². The van der Waals surface area contributed by atoms with E-state index in [0.717, 1.165) is 10.2 Å². The van der Waals surface area contributed by atoms with Gasteiger partial charge in [0.25, 0.3) is 0 Å². The van der Waals surface area contributed by atoms with Crippen LogP contribution in [0.2, 0.25) is 0 Å². The van der Waals surface area contributed by atoms with Gasteiger partial charge in [-0.05, 0) is 23.8 Å². The fourth-order valence-electron chi connectivity index (χ4n) is 1.72. The Bertz CT molecular complexity index is 490. The molecule has 2 aromatic rings. The number of halogens is 1. The minimum absolute atomic E-state index is 0.167. The number of ether oxygens (including phenoxy) is 1. The number of rotatable bonds is 5. The van der Waals surface area contributed by atoms with Gasteiger partial charge < -0.3 is 10.5 Å². The Hall–Kier alpha value is -1.39. The number of nitrogens with two attached hydrogens (primary N) is 1. The average molecular weight is 307 g/mol. The van der Waals surface area contributed by atoms with Crippen LogP contribution < -0.4 is 10.5 Å². The van der Waals surface area contributed by atoms with E-state index < -0.39 is 0 Å². The molecule has 1 aromatic carbocycles. The first-order valence-corrected chi connectivity index (χ1v) is 6.58. The molecule has 2 N–H and O–H groups in total. The molecule has 1 heterocycles. The van der Waals surface area contributed by atoms with Crippen LogP contribution in [0.1, 0.15) is 11.5 Å². The number of benzene rings is 1. The molecule has 0 saturated heterocycles. The van der Waals surface area contributed by atoms with Gasteiger partial charge in [0.05, 0.1) is 12.8 Å². The largest absolute Gasteiger partial charge is 0.491 e. The molecule has 0 spiro atoms. The molecule has 0 aliphatic rings. The van der Waals surface area contributed by atoms with Gasteiger partial charge in [0.2, 0.25) is 0 Å². The first-order chi connectivity index (χ1) is 8.81. The van der Waals surface area contributed by atoms with Gasteiger partial charge >= 0.3 is 0 Å². The number of hydrogen-bond acceptors (Lipinski definition) is 3. The fourth-order valence-corrected chi connectivity index (χ4v) is 2.33. The Labute approximate surface area is 115 Å². The van der Waals surface area contributed by atoms with Crippen LogP contribution in [0.3, 0.4) is 0 Å². The zero-order valence-corrected chi connectivity index (χ0v) is 11.5. The molecule has 0 radical (unpaired) electrons. The topological polar surface area (TPSA) is 48.1 Å². The maximum atomic E-state index is 5.82. The van der Waals surface area contributed by atoms with Crippen molar-refractivity contribution in [2.45, 2.75) is 5.92 Å². The second-order valence-corrected chi connectivity index (χ2v) is 4.81. The lowest BCUT2D eigenvalue weighted by molar-refractivity contribution is 0.289. The Balaban J connectivity index is 2.04. The van der Waals surface area contributed by atoms with Crippen molar-refractivity contribution in [2.75, 3.05) is 13.2 Å². The number of aromatic nitrogens is 1. The monoisotopic (exact) mass is 306 g/mol. The third-order valence-corrected chi connectivity index (χ3v) is 3.44. The summed E-state index contributed by atoms with van der Waals surface area (Å²) in [4.78, 5) is 4.01. The van der Waals surface area contributed by atoms with E-state index in [9.17, 15) is 0 Å². The van der Waals surface area contributed by atoms with Gasteiger partial charge in [-0.1, -0.05) is 34.1 Å². The van der Waals surface area contributed by atoms with Crippen LogP contribution in [-0.4, -0.2) is 18.1 Å². The lowest BCUT2D eigenvalue weighted by atomic mass is 10.0. The molecule has 94 valence electrons. The van der Waals surface area contributed by atoms with Crippen molar-refractivity contribution in [3.05, 3.63) is 58.8 Å². The van der Waals surface area contributed by atoms with Crippen LogP contribution in [0.25, 0.3) is 0 Å². The number of nitrogens with zero attached hydrogens (tertiary/aromatic N) is 1. The van der Waals surface area contributed by atoms with Gasteiger partial charge in [-0.3, -0.25) is 4.98 Å². The summed E-state index contributed by atoms with van der Waals surface area (Å²) in [6.07, 6.45) is 3.43. The minimum atomic E-state index is 0.167. The molecule has 0 fully saturated rings. The summed E-state index contributed by atoms with van der Waals surface area (Å²) >= 11 is 3.54. The Kier molecular flexibility index (Phi) is 4.73. The highest BCUT2D eigenvalue weighted by molar-refractivity contribution is 9.10. The Morgan fingerprint density at radius 1 is 1.22 bits per heavy atom. The van der Waals surface area contributed by atoms with E-state index in [0.29, 0.717) is 13.2 Å². The summed E-state index contributed by atoms with van der Waals surface area (Å²) < 4.78 is 6.77. The molecule has 0 amide bonds. The summed E-state index contributed by atoms with van der Waals surface area (Å²) in [6.45, 7) is 1.09. The maximum Gasteiger partial charge on any atom is 0.137 e. The molecular weight excluding hydrogens is 292 g/mol. The van der Waals surface area contributed by atoms with Crippen LogP contribution in [0.4, 0.5) is 0 Å². The second kappa shape index (κ2) is 6.52. The molecule has 1 atom stereocenters. The van der Waals surface area contributed by atoms with Crippen molar-refractivity contribution in [1.29, 1.82) is 0 Å². The lowest BCUT2D eigenvalue weighted by Crippen LogP contribution is -2.20. The fraction of sp³-hybridized carbons (Fsp3) is 0.214. The summed E-state index contributed by atoms with van der Waals surface area (Å²) in [5.74, 6) is 0.934. The molecule has 0 saturated carbocycles. The summed E-state index contributed by atoms with van der Waals surface area (Å²) in [5, 5.41) is 0. The highest BCUT2D eigenvalue weighted by Crippen LogP contribution is 2.24. The van der Waals surface area contributed by atoms with E-state index in [4.69, 9.17) is 10.5 Å². The van der Waals surface area contributed by atoms with Gasteiger partial charge in [-0.2, -0.15) is 0 Å². The molecular formula is C14H15BrN2O. The van der Waals surface area contributed by atoms with Crippen molar-refractivity contribution in [1.82, 2.24) is 4.98 Å². The second-order valence-electron chi connectivity index (χ2n) is 3.95. The Morgan fingerprint density at radius 2 is 2.06 bits per heavy atom. The van der Waals surface area contributed by atoms with Crippen LogP contribution in [-0.2, 0) is 0 Å². The van der Waals surface area contributed by atoms with E-state index in [2.05, 4.69) is 27.0 Å². The molecule has 0 aliphatic heterocycles. The first-order valence-electron chi connectivity index (χ1n) is 5.78. The van der Waals surface area contributed by atoms with Crippen molar-refractivity contribution in [3.8, 4) is 5.75 Å². The minimum Gasteiger partial charge on any atom is -0.491 e. The summed E-state index contributed by atoms with van der Waals surface area (Å²) in [5.41, 5.74) is 6.99. The number of pyridine rings is 1. The molecule has 4 heteroatoms. The Morgan fingerprint density at radius 3 is 2.72 bits per heavy atom. The molecule has 0 bridgehead atoms. The third kappa shape index (κ3) is 3.31. The lowest BCUT2D eigenvalue weighted by Gasteiger charge is -2.17. The van der Waals surface area contributed by atoms with Crippen molar-refractivity contribution in [3.63, 3.8) is 0 Å². The van der Waals surface area contributed by atoms with Gasteiger partial charge in [-0.15, -0.1) is 0 Å². The molecule has 18 heavy (non-hydrogen) atoms. The van der Waals surface area contributed by atoms with E-state index in [1.807, 2.05) is 30.3 Å². The van der Waals surface area contributed by atoms with Crippen molar-refractivity contribution >= 4 is 15.9 Å². The average Bonchev–Trinajstić information content (AvgIpc) is 2.42. The highest BCUT2D eigenvalue weighted by Gasteiger charge is 2.13. The smallest absolute Gasteiger partial charge is 0.137 e. The number of hydrogen-bond donors (Lipinski definition) is 1. The molecule has 1 aromatic heterocycles. The first kappa shape index (κ1) is 13.1. The van der Waals surface area contributed by atoms with Gasteiger partial charge in [0, 0.05) is 23.1 Å². The van der Waals surface area contributed by atoms with Crippen molar-refractivity contribution in [2.24, 2.45) is 5.73 Å². The standard InChI is InChI=1S/C14H15BrN2O/c15-14-6-2-1-5-13(14)11(8-16)10-18-12-4-3-7-17-9-12/h1-7,9,11H,8,10,16H2. The molecule has 1 unspecified atom stereocenters. The third-order valence-electron chi connectivity index (χ3n) is 2.72. The van der Waals surface area contributed by atoms with E-state index in [1.165, 1.54) is 5.56 Å². The zero-order valence-electron chi connectivity index (χ0n) is 9.92. The van der Waals surface area contributed by atoms with Gasteiger partial charge in [-0.25, -0.2) is 0 Å². The predicted molar refractivity (Wildman–Crippen MR) is 75.7 cm³/mol. The zero-order chi connectivity index (χ0) is 12.8. The highest BCUT2D eigenvalue weighted by atomic mass is 79.9. The van der Waals surface area contributed by atoms with Gasteiger partial charge in [0.1, 0.15) is 5.75 Å². The maximum absolute atomic E-state index is 5.82. The predicted octanol–water partition coefficient (Wildman–Crippen LogP) is 2.97.